The third-order valence-electron chi connectivity index (χ3n) is 3.68. The summed E-state index contributed by atoms with van der Waals surface area (Å²) in [5.74, 6) is 0.650. The Bertz CT molecular complexity index is 933. The highest BCUT2D eigenvalue weighted by molar-refractivity contribution is 7.13. The summed E-state index contributed by atoms with van der Waals surface area (Å²) in [6.07, 6.45) is 3.40. The number of thiazole rings is 1. The monoisotopic (exact) mass is 345 g/mol. The van der Waals surface area contributed by atoms with Crippen LogP contribution in [0.2, 0.25) is 0 Å². The first-order valence-electron chi connectivity index (χ1n) is 7.57. The zero-order valence-electron chi connectivity index (χ0n) is 12.9. The lowest BCUT2D eigenvalue weighted by Crippen LogP contribution is -2.30. The zero-order chi connectivity index (χ0) is 16.7. The van der Waals surface area contributed by atoms with Crippen molar-refractivity contribution >= 4 is 22.4 Å². The molecule has 4 rings (SSSR count). The first kappa shape index (κ1) is 14.9. The Morgan fingerprint density at radius 3 is 2.96 bits per heavy atom. The van der Waals surface area contributed by atoms with E-state index in [0.29, 0.717) is 16.7 Å². The lowest BCUT2D eigenvalue weighted by Gasteiger charge is -2.00. The molecule has 0 aromatic carbocycles. The molecule has 0 aliphatic heterocycles. The largest absolute Gasteiger partial charge is 0.461 e. The highest BCUT2D eigenvalue weighted by Gasteiger charge is 2.31. The first-order valence-corrected chi connectivity index (χ1v) is 8.45. The molecule has 3 aromatic rings. The second-order valence-corrected chi connectivity index (χ2v) is 6.54. The van der Waals surface area contributed by atoms with Gasteiger partial charge >= 0.3 is 5.69 Å². The van der Waals surface area contributed by atoms with Gasteiger partial charge in [0.15, 0.2) is 10.9 Å². The molecule has 9 heteroatoms. The minimum atomic E-state index is -0.335. The van der Waals surface area contributed by atoms with Crippen molar-refractivity contribution in [2.24, 2.45) is 0 Å². The van der Waals surface area contributed by atoms with E-state index in [1.165, 1.54) is 22.3 Å². The standard InChI is InChI=1S/C15H15N5O3S/c1-9-8-24-14(16-9)17-12(21)7-19-15(22)20(10-4-5-10)13(18-19)11-3-2-6-23-11/h2-3,6,8,10H,4-5,7H2,1H3,(H,16,17,21). The maximum absolute atomic E-state index is 12.6. The number of hydrogen-bond donors (Lipinski definition) is 1. The van der Waals surface area contributed by atoms with Crippen LogP contribution in [0.15, 0.2) is 33.0 Å². The summed E-state index contributed by atoms with van der Waals surface area (Å²) >= 11 is 1.34. The number of nitrogens with one attached hydrogen (secondary N) is 1. The van der Waals surface area contributed by atoms with Crippen LogP contribution < -0.4 is 11.0 Å². The Morgan fingerprint density at radius 1 is 1.50 bits per heavy atom. The fraction of sp³-hybridized carbons (Fsp3) is 0.333. The number of carbonyl (C=O) groups is 1. The summed E-state index contributed by atoms with van der Waals surface area (Å²) in [5.41, 5.74) is 0.542. The number of rotatable bonds is 5. The summed E-state index contributed by atoms with van der Waals surface area (Å²) in [4.78, 5) is 28.9. The molecule has 0 spiro atoms. The number of anilines is 1. The summed E-state index contributed by atoms with van der Waals surface area (Å²) in [7, 11) is 0. The predicted molar refractivity (Wildman–Crippen MR) is 87.9 cm³/mol. The molecule has 0 radical (unpaired) electrons. The molecule has 0 unspecified atom stereocenters. The molecule has 3 heterocycles. The molecule has 1 N–H and O–H groups in total. The number of hydrogen-bond acceptors (Lipinski definition) is 6. The van der Waals surface area contributed by atoms with Crippen LogP contribution >= 0.6 is 11.3 Å². The Morgan fingerprint density at radius 2 is 2.33 bits per heavy atom. The first-order chi connectivity index (χ1) is 11.6. The van der Waals surface area contributed by atoms with Crippen LogP contribution in [0.5, 0.6) is 0 Å². The van der Waals surface area contributed by atoms with Gasteiger partial charge in [0.2, 0.25) is 11.7 Å². The second-order valence-electron chi connectivity index (χ2n) is 5.68. The molecule has 24 heavy (non-hydrogen) atoms. The number of amides is 1. The van der Waals surface area contributed by atoms with E-state index in [1.807, 2.05) is 12.3 Å². The van der Waals surface area contributed by atoms with Gasteiger partial charge in [0.1, 0.15) is 6.54 Å². The summed E-state index contributed by atoms with van der Waals surface area (Å²) in [5, 5.41) is 9.34. The lowest BCUT2D eigenvalue weighted by atomic mass is 10.4. The van der Waals surface area contributed by atoms with Gasteiger partial charge in [-0.2, -0.15) is 0 Å². The van der Waals surface area contributed by atoms with E-state index in [4.69, 9.17) is 4.42 Å². The van der Waals surface area contributed by atoms with Crippen LogP contribution in [0.25, 0.3) is 11.6 Å². The Hall–Kier alpha value is -2.68. The Labute approximate surface area is 140 Å². The third-order valence-corrected chi connectivity index (χ3v) is 4.56. The normalized spacial score (nSPS) is 14.0. The van der Waals surface area contributed by atoms with E-state index in [1.54, 1.807) is 16.7 Å². The number of nitrogens with zero attached hydrogens (tertiary/aromatic N) is 4. The van der Waals surface area contributed by atoms with Gasteiger partial charge in [-0.25, -0.2) is 14.5 Å². The maximum Gasteiger partial charge on any atom is 0.347 e. The molecular formula is C15H15N5O3S. The minimum Gasteiger partial charge on any atom is -0.461 e. The summed E-state index contributed by atoms with van der Waals surface area (Å²) in [6, 6.07) is 3.63. The van der Waals surface area contributed by atoms with Gasteiger partial charge in [-0.1, -0.05) is 0 Å². The molecule has 0 atom stereocenters. The van der Waals surface area contributed by atoms with Crippen LogP contribution in [0.1, 0.15) is 24.6 Å². The SMILES string of the molecule is Cc1csc(NC(=O)Cn2nc(-c3ccco3)n(C3CC3)c2=O)n1. The van der Waals surface area contributed by atoms with E-state index in [-0.39, 0.29) is 24.2 Å². The predicted octanol–water partition coefficient (Wildman–Crippen LogP) is 2.04. The molecule has 0 bridgehead atoms. The van der Waals surface area contributed by atoms with Gasteiger partial charge in [-0.05, 0) is 31.9 Å². The van der Waals surface area contributed by atoms with E-state index in [9.17, 15) is 9.59 Å². The highest BCUT2D eigenvalue weighted by atomic mass is 32.1. The minimum absolute atomic E-state index is 0.135. The van der Waals surface area contributed by atoms with Gasteiger partial charge in [0.05, 0.1) is 12.0 Å². The van der Waals surface area contributed by atoms with Crippen LogP contribution in [0.3, 0.4) is 0 Å². The molecular weight excluding hydrogens is 330 g/mol. The molecule has 0 saturated heterocycles. The van der Waals surface area contributed by atoms with Crippen LogP contribution in [0.4, 0.5) is 5.13 Å². The van der Waals surface area contributed by atoms with E-state index in [2.05, 4.69) is 15.4 Å². The van der Waals surface area contributed by atoms with Crippen molar-refractivity contribution in [3.05, 3.63) is 40.0 Å². The third kappa shape index (κ3) is 2.78. The number of aryl methyl sites for hydroxylation is 1. The van der Waals surface area contributed by atoms with Crippen molar-refractivity contribution in [3.63, 3.8) is 0 Å². The summed E-state index contributed by atoms with van der Waals surface area (Å²) < 4.78 is 8.15. The fourth-order valence-corrected chi connectivity index (χ4v) is 3.17. The molecule has 1 aliphatic carbocycles. The van der Waals surface area contributed by atoms with Gasteiger partial charge in [-0.3, -0.25) is 9.36 Å². The van der Waals surface area contributed by atoms with Gasteiger partial charge < -0.3 is 9.73 Å². The molecule has 3 aromatic heterocycles. The maximum atomic E-state index is 12.6. The zero-order valence-corrected chi connectivity index (χ0v) is 13.7. The quantitative estimate of drug-likeness (QED) is 0.763. The van der Waals surface area contributed by atoms with Crippen molar-refractivity contribution in [2.75, 3.05) is 5.32 Å². The van der Waals surface area contributed by atoms with E-state index in [0.717, 1.165) is 18.5 Å². The van der Waals surface area contributed by atoms with Gasteiger partial charge in [-0.15, -0.1) is 16.4 Å². The van der Waals surface area contributed by atoms with Crippen LogP contribution in [-0.4, -0.2) is 25.2 Å². The number of aromatic nitrogens is 4. The number of furan rings is 1. The second kappa shape index (κ2) is 5.75. The average Bonchev–Trinajstić information content (AvgIpc) is 2.95. The molecule has 1 amide bonds. The van der Waals surface area contributed by atoms with Gasteiger partial charge in [0, 0.05) is 11.4 Å². The Kier molecular flexibility index (Phi) is 3.57. The number of carbonyl (C=O) groups excluding carboxylic acids is 1. The van der Waals surface area contributed by atoms with Crippen molar-refractivity contribution in [2.45, 2.75) is 32.4 Å². The molecule has 1 saturated carbocycles. The summed E-state index contributed by atoms with van der Waals surface area (Å²) in [6.45, 7) is 1.69. The Balaban J connectivity index is 1.60. The van der Waals surface area contributed by atoms with Gasteiger partial charge in [0.25, 0.3) is 0 Å². The van der Waals surface area contributed by atoms with E-state index >= 15 is 0 Å². The van der Waals surface area contributed by atoms with E-state index < -0.39 is 0 Å². The average molecular weight is 345 g/mol. The van der Waals surface area contributed by atoms with Crippen molar-refractivity contribution in [3.8, 4) is 11.6 Å². The lowest BCUT2D eigenvalue weighted by molar-refractivity contribution is -0.117. The van der Waals surface area contributed by atoms with Crippen molar-refractivity contribution < 1.29 is 9.21 Å². The highest BCUT2D eigenvalue weighted by Crippen LogP contribution is 2.36. The van der Waals surface area contributed by atoms with Crippen molar-refractivity contribution in [1.29, 1.82) is 0 Å². The molecule has 1 aliphatic rings. The van der Waals surface area contributed by atoms with Crippen molar-refractivity contribution in [1.82, 2.24) is 19.3 Å². The molecule has 1 fully saturated rings. The molecule has 8 nitrogen and oxygen atoms in total. The fourth-order valence-electron chi connectivity index (χ4n) is 2.47. The molecule has 124 valence electrons. The smallest absolute Gasteiger partial charge is 0.347 e. The van der Waals surface area contributed by atoms with Crippen LogP contribution in [-0.2, 0) is 11.3 Å². The topological polar surface area (TPSA) is 95.0 Å². The van der Waals surface area contributed by atoms with Crippen LogP contribution in [0, 0.1) is 6.92 Å².